The normalized spacial score (nSPS) is 23.2. The van der Waals surface area contributed by atoms with Gasteiger partial charge >= 0.3 is 6.09 Å². The number of nitrogens with one attached hydrogen (secondary N) is 2. The Kier molecular flexibility index (Phi) is 7.17. The molecule has 2 N–H and O–H groups in total. The first kappa shape index (κ1) is 19.3. The highest BCUT2D eigenvalue weighted by atomic mass is 16.6. The molecule has 0 unspecified atom stereocenters. The van der Waals surface area contributed by atoms with Gasteiger partial charge in [0.05, 0.1) is 5.54 Å². The summed E-state index contributed by atoms with van der Waals surface area (Å²) in [5.41, 5.74) is -0.756. The van der Waals surface area contributed by atoms with Crippen LogP contribution in [-0.4, -0.2) is 29.8 Å². The standard InChI is InChI=1S/C18H36N2O2/c1-7-8-14-9-11-15(12-10-14)19-13-18(5,6)20-16(21)22-17(2,3)4/h14-15,19H,7-13H2,1-6H3,(H,20,21). The van der Waals surface area contributed by atoms with Crippen molar-refractivity contribution in [2.24, 2.45) is 5.92 Å². The largest absolute Gasteiger partial charge is 0.444 e. The molecule has 0 aromatic carbocycles. The molecule has 130 valence electrons. The zero-order valence-corrected chi connectivity index (χ0v) is 15.4. The van der Waals surface area contributed by atoms with Crippen molar-refractivity contribution in [2.45, 2.75) is 97.2 Å². The van der Waals surface area contributed by atoms with E-state index in [1.54, 1.807) is 0 Å². The van der Waals surface area contributed by atoms with Crippen LogP contribution in [0.2, 0.25) is 0 Å². The van der Waals surface area contributed by atoms with Crippen LogP contribution >= 0.6 is 0 Å². The van der Waals surface area contributed by atoms with E-state index in [4.69, 9.17) is 4.74 Å². The minimum Gasteiger partial charge on any atom is -0.444 e. The molecule has 0 bridgehead atoms. The summed E-state index contributed by atoms with van der Waals surface area (Å²) in [5.74, 6) is 0.927. The van der Waals surface area contributed by atoms with Crippen molar-refractivity contribution in [1.29, 1.82) is 0 Å². The molecular formula is C18H36N2O2. The van der Waals surface area contributed by atoms with Gasteiger partial charge in [-0.3, -0.25) is 0 Å². The van der Waals surface area contributed by atoms with Crippen molar-refractivity contribution in [3.05, 3.63) is 0 Å². The predicted octanol–water partition coefficient (Wildman–Crippen LogP) is 4.24. The molecule has 1 amide bonds. The minimum atomic E-state index is -0.453. The van der Waals surface area contributed by atoms with E-state index in [0.29, 0.717) is 6.04 Å². The summed E-state index contributed by atoms with van der Waals surface area (Å²) >= 11 is 0. The average Bonchev–Trinajstić information content (AvgIpc) is 2.35. The molecule has 0 atom stereocenters. The lowest BCUT2D eigenvalue weighted by Crippen LogP contribution is -2.53. The Morgan fingerprint density at radius 3 is 2.18 bits per heavy atom. The van der Waals surface area contributed by atoms with E-state index in [1.807, 2.05) is 34.6 Å². The highest BCUT2D eigenvalue weighted by Gasteiger charge is 2.26. The Labute approximate surface area is 136 Å². The van der Waals surface area contributed by atoms with Gasteiger partial charge in [0.15, 0.2) is 0 Å². The van der Waals surface area contributed by atoms with Gasteiger partial charge in [0.1, 0.15) is 5.60 Å². The molecule has 1 aliphatic carbocycles. The van der Waals surface area contributed by atoms with E-state index in [-0.39, 0.29) is 11.6 Å². The molecule has 0 saturated heterocycles. The number of alkyl carbamates (subject to hydrolysis) is 1. The number of ether oxygens (including phenoxy) is 1. The van der Waals surface area contributed by atoms with E-state index < -0.39 is 5.60 Å². The van der Waals surface area contributed by atoms with Gasteiger partial charge in [-0.1, -0.05) is 19.8 Å². The van der Waals surface area contributed by atoms with Crippen molar-refractivity contribution < 1.29 is 9.53 Å². The van der Waals surface area contributed by atoms with Crippen LogP contribution in [0.15, 0.2) is 0 Å². The lowest BCUT2D eigenvalue weighted by atomic mass is 9.83. The monoisotopic (exact) mass is 312 g/mol. The van der Waals surface area contributed by atoms with E-state index in [0.717, 1.165) is 12.5 Å². The molecule has 0 aliphatic heterocycles. The maximum atomic E-state index is 11.9. The number of carbonyl (C=O) groups is 1. The van der Waals surface area contributed by atoms with Crippen molar-refractivity contribution in [2.75, 3.05) is 6.54 Å². The van der Waals surface area contributed by atoms with Crippen molar-refractivity contribution in [1.82, 2.24) is 10.6 Å². The van der Waals surface area contributed by atoms with Gasteiger partial charge in [-0.05, 0) is 66.2 Å². The molecule has 0 spiro atoms. The third-order valence-corrected chi connectivity index (χ3v) is 4.22. The summed E-state index contributed by atoms with van der Waals surface area (Å²) in [6.45, 7) is 12.8. The third-order valence-electron chi connectivity index (χ3n) is 4.22. The van der Waals surface area contributed by atoms with Gasteiger partial charge < -0.3 is 15.4 Å². The Bertz CT molecular complexity index is 339. The SMILES string of the molecule is CCCC1CCC(NCC(C)(C)NC(=O)OC(C)(C)C)CC1. The van der Waals surface area contributed by atoms with Crippen LogP contribution in [0.25, 0.3) is 0 Å². The quantitative estimate of drug-likeness (QED) is 0.771. The van der Waals surface area contributed by atoms with Crippen LogP contribution in [-0.2, 0) is 4.74 Å². The van der Waals surface area contributed by atoms with Gasteiger partial charge in [-0.25, -0.2) is 4.79 Å². The van der Waals surface area contributed by atoms with Crippen LogP contribution in [0.3, 0.4) is 0 Å². The fourth-order valence-corrected chi connectivity index (χ4v) is 3.09. The minimum absolute atomic E-state index is 0.303. The van der Waals surface area contributed by atoms with Crippen LogP contribution in [0.5, 0.6) is 0 Å². The van der Waals surface area contributed by atoms with Gasteiger partial charge in [-0.15, -0.1) is 0 Å². The Balaban J connectivity index is 2.29. The van der Waals surface area contributed by atoms with Crippen molar-refractivity contribution in [3.63, 3.8) is 0 Å². The third kappa shape index (κ3) is 8.02. The zero-order valence-electron chi connectivity index (χ0n) is 15.4. The molecule has 4 nitrogen and oxygen atoms in total. The van der Waals surface area contributed by atoms with E-state index in [9.17, 15) is 4.79 Å². The van der Waals surface area contributed by atoms with E-state index in [2.05, 4.69) is 17.6 Å². The van der Waals surface area contributed by atoms with E-state index in [1.165, 1.54) is 38.5 Å². The number of hydrogen-bond donors (Lipinski definition) is 2. The molecule has 1 fully saturated rings. The second-order valence-corrected chi connectivity index (χ2v) is 8.40. The van der Waals surface area contributed by atoms with Crippen molar-refractivity contribution >= 4 is 6.09 Å². The number of carbonyl (C=O) groups excluding carboxylic acids is 1. The molecule has 0 heterocycles. The average molecular weight is 312 g/mol. The number of rotatable bonds is 6. The van der Waals surface area contributed by atoms with Gasteiger partial charge in [0.25, 0.3) is 0 Å². The second-order valence-electron chi connectivity index (χ2n) is 8.40. The van der Waals surface area contributed by atoms with Gasteiger partial charge in [-0.2, -0.15) is 0 Å². The molecular weight excluding hydrogens is 276 g/mol. The number of amides is 1. The van der Waals surface area contributed by atoms with E-state index >= 15 is 0 Å². The first-order chi connectivity index (χ1) is 10.1. The first-order valence-electron chi connectivity index (χ1n) is 8.86. The molecule has 1 aliphatic rings. The number of hydrogen-bond acceptors (Lipinski definition) is 3. The molecule has 1 saturated carbocycles. The lowest BCUT2D eigenvalue weighted by Gasteiger charge is -2.33. The predicted molar refractivity (Wildman–Crippen MR) is 92.1 cm³/mol. The molecule has 1 rings (SSSR count). The maximum Gasteiger partial charge on any atom is 0.408 e. The fraction of sp³-hybridized carbons (Fsp3) is 0.944. The summed E-state index contributed by atoms with van der Waals surface area (Å²) < 4.78 is 5.33. The first-order valence-corrected chi connectivity index (χ1v) is 8.86. The second kappa shape index (κ2) is 8.19. The zero-order chi connectivity index (χ0) is 16.8. The molecule has 0 radical (unpaired) electrons. The van der Waals surface area contributed by atoms with Crippen LogP contribution in [0.1, 0.15) is 80.1 Å². The highest BCUT2D eigenvalue weighted by molar-refractivity contribution is 5.68. The fourth-order valence-electron chi connectivity index (χ4n) is 3.09. The molecule has 22 heavy (non-hydrogen) atoms. The smallest absolute Gasteiger partial charge is 0.408 e. The topological polar surface area (TPSA) is 50.4 Å². The summed E-state index contributed by atoms with van der Waals surface area (Å²) in [5, 5.41) is 6.58. The summed E-state index contributed by atoms with van der Waals surface area (Å²) in [7, 11) is 0. The van der Waals surface area contributed by atoms with Crippen LogP contribution in [0.4, 0.5) is 4.79 Å². The summed E-state index contributed by atoms with van der Waals surface area (Å²) in [4.78, 5) is 11.9. The summed E-state index contributed by atoms with van der Waals surface area (Å²) in [6, 6.07) is 0.591. The lowest BCUT2D eigenvalue weighted by molar-refractivity contribution is 0.0469. The molecule has 0 aromatic heterocycles. The Morgan fingerprint density at radius 2 is 1.68 bits per heavy atom. The molecule has 0 aromatic rings. The Hall–Kier alpha value is -0.770. The summed E-state index contributed by atoms with van der Waals surface area (Å²) in [6.07, 6.45) is 7.52. The maximum absolute atomic E-state index is 11.9. The van der Waals surface area contributed by atoms with Crippen LogP contribution in [0, 0.1) is 5.92 Å². The van der Waals surface area contributed by atoms with Crippen LogP contribution < -0.4 is 10.6 Å². The van der Waals surface area contributed by atoms with Gasteiger partial charge in [0.2, 0.25) is 0 Å². The van der Waals surface area contributed by atoms with Crippen molar-refractivity contribution in [3.8, 4) is 0 Å². The highest BCUT2D eigenvalue weighted by Crippen LogP contribution is 2.27. The molecule has 4 heteroatoms. The Morgan fingerprint density at radius 1 is 1.09 bits per heavy atom. The van der Waals surface area contributed by atoms with Gasteiger partial charge in [0, 0.05) is 12.6 Å².